The van der Waals surface area contributed by atoms with Crippen molar-refractivity contribution in [3.05, 3.63) is 28.7 Å². The van der Waals surface area contributed by atoms with Crippen LogP contribution in [0.5, 0.6) is 5.75 Å². The maximum Gasteiger partial charge on any atom is 0.226 e. The number of halogens is 2. The van der Waals surface area contributed by atoms with Crippen molar-refractivity contribution in [2.45, 2.75) is 19.4 Å². The van der Waals surface area contributed by atoms with E-state index in [1.165, 1.54) is 0 Å². The number of nitrogens with zero attached hydrogens (tertiary/aromatic N) is 1. The van der Waals surface area contributed by atoms with Gasteiger partial charge in [0, 0.05) is 25.7 Å². The third-order valence-electron chi connectivity index (χ3n) is 3.23. The van der Waals surface area contributed by atoms with E-state index in [2.05, 4.69) is 28.2 Å². The molecule has 1 aliphatic rings. The van der Waals surface area contributed by atoms with E-state index in [0.717, 1.165) is 29.9 Å². The number of hydrogen-bond donors (Lipinski definition) is 1. The first-order valence-corrected chi connectivity index (χ1v) is 7.35. The van der Waals surface area contributed by atoms with E-state index in [4.69, 9.17) is 4.74 Å². The Morgan fingerprint density at radius 1 is 1.50 bits per heavy atom. The molecule has 1 saturated heterocycles. The van der Waals surface area contributed by atoms with Crippen LogP contribution in [0.3, 0.4) is 0 Å². The lowest BCUT2D eigenvalue weighted by Crippen LogP contribution is -2.52. The number of benzene rings is 1. The van der Waals surface area contributed by atoms with Gasteiger partial charge < -0.3 is 15.0 Å². The average Bonchev–Trinajstić information content (AvgIpc) is 2.41. The smallest absolute Gasteiger partial charge is 0.226 e. The van der Waals surface area contributed by atoms with Crippen molar-refractivity contribution in [1.82, 2.24) is 10.2 Å². The van der Waals surface area contributed by atoms with Gasteiger partial charge in [-0.3, -0.25) is 4.79 Å². The summed E-state index contributed by atoms with van der Waals surface area (Å²) in [7, 11) is 0. The number of rotatable bonds is 4. The standard InChI is InChI=1S/C14H19BrN2O2.ClH/c1-11-10-16-7-8-17(11)14(18)6-9-19-13-5-3-2-4-12(13)15;/h2-5,11,16H,6-10H2,1H3;1H/t11-;/m1./s1. The molecule has 0 radical (unpaired) electrons. The second kappa shape index (κ2) is 8.49. The summed E-state index contributed by atoms with van der Waals surface area (Å²) in [5.41, 5.74) is 0. The molecule has 1 aromatic carbocycles. The Balaban J connectivity index is 0.00000200. The molecule has 0 saturated carbocycles. The van der Waals surface area contributed by atoms with Gasteiger partial charge in [-0.2, -0.15) is 0 Å². The SMILES string of the molecule is C[C@@H]1CNCCN1C(=O)CCOc1ccccc1Br.Cl. The zero-order valence-electron chi connectivity index (χ0n) is 11.5. The average molecular weight is 364 g/mol. The Bertz CT molecular complexity index is 445. The summed E-state index contributed by atoms with van der Waals surface area (Å²) in [4.78, 5) is 14.0. The minimum Gasteiger partial charge on any atom is -0.492 e. The van der Waals surface area contributed by atoms with Crippen molar-refractivity contribution < 1.29 is 9.53 Å². The van der Waals surface area contributed by atoms with Crippen molar-refractivity contribution in [1.29, 1.82) is 0 Å². The highest BCUT2D eigenvalue weighted by atomic mass is 79.9. The van der Waals surface area contributed by atoms with Gasteiger partial charge in [0.1, 0.15) is 5.75 Å². The van der Waals surface area contributed by atoms with Crippen LogP contribution in [0.1, 0.15) is 13.3 Å². The largest absolute Gasteiger partial charge is 0.492 e. The molecule has 4 nitrogen and oxygen atoms in total. The lowest BCUT2D eigenvalue weighted by molar-refractivity contribution is -0.134. The number of carbonyl (C=O) groups excluding carboxylic acids is 1. The van der Waals surface area contributed by atoms with Crippen LogP contribution in [0.25, 0.3) is 0 Å². The summed E-state index contributed by atoms with van der Waals surface area (Å²) in [6, 6.07) is 7.94. The molecule has 0 aliphatic carbocycles. The van der Waals surface area contributed by atoms with Crippen LogP contribution >= 0.6 is 28.3 Å². The third kappa shape index (κ3) is 4.65. The fraction of sp³-hybridized carbons (Fsp3) is 0.500. The van der Waals surface area contributed by atoms with Crippen LogP contribution in [0.15, 0.2) is 28.7 Å². The van der Waals surface area contributed by atoms with Gasteiger partial charge in [-0.05, 0) is 35.0 Å². The molecule has 20 heavy (non-hydrogen) atoms. The van der Waals surface area contributed by atoms with Gasteiger partial charge in [0.25, 0.3) is 0 Å². The number of piperazine rings is 1. The summed E-state index contributed by atoms with van der Waals surface area (Å²) in [5, 5.41) is 3.28. The number of carbonyl (C=O) groups is 1. The van der Waals surface area contributed by atoms with Crippen molar-refractivity contribution in [2.24, 2.45) is 0 Å². The van der Waals surface area contributed by atoms with Crippen LogP contribution in [0.2, 0.25) is 0 Å². The van der Waals surface area contributed by atoms with E-state index < -0.39 is 0 Å². The van der Waals surface area contributed by atoms with Crippen LogP contribution in [0.4, 0.5) is 0 Å². The summed E-state index contributed by atoms with van der Waals surface area (Å²) in [6.45, 7) is 5.02. The molecule has 1 atom stereocenters. The Morgan fingerprint density at radius 3 is 2.95 bits per heavy atom. The van der Waals surface area contributed by atoms with Crippen LogP contribution in [-0.4, -0.2) is 43.1 Å². The Labute approximate surface area is 134 Å². The van der Waals surface area contributed by atoms with E-state index in [1.807, 2.05) is 29.2 Å². The Kier molecular flexibility index (Phi) is 7.34. The maximum absolute atomic E-state index is 12.1. The molecule has 0 aromatic heterocycles. The molecular formula is C14H20BrClN2O2. The molecule has 1 aromatic rings. The molecule has 1 fully saturated rings. The van der Waals surface area contributed by atoms with Gasteiger partial charge >= 0.3 is 0 Å². The lowest BCUT2D eigenvalue weighted by atomic mass is 10.2. The topological polar surface area (TPSA) is 41.6 Å². The third-order valence-corrected chi connectivity index (χ3v) is 3.89. The zero-order chi connectivity index (χ0) is 13.7. The highest BCUT2D eigenvalue weighted by Crippen LogP contribution is 2.23. The Morgan fingerprint density at radius 2 is 2.25 bits per heavy atom. The van der Waals surface area contributed by atoms with E-state index in [1.54, 1.807) is 0 Å². The molecule has 6 heteroatoms. The van der Waals surface area contributed by atoms with Crippen LogP contribution in [0, 0.1) is 0 Å². The summed E-state index contributed by atoms with van der Waals surface area (Å²) < 4.78 is 6.54. The second-order valence-corrected chi connectivity index (χ2v) is 5.52. The molecule has 1 amide bonds. The van der Waals surface area contributed by atoms with Crippen molar-refractivity contribution in [2.75, 3.05) is 26.2 Å². The van der Waals surface area contributed by atoms with Crippen molar-refractivity contribution in [3.8, 4) is 5.75 Å². The molecule has 112 valence electrons. The molecule has 0 bridgehead atoms. The van der Waals surface area contributed by atoms with E-state index >= 15 is 0 Å². The fourth-order valence-electron chi connectivity index (χ4n) is 2.17. The predicted molar refractivity (Wildman–Crippen MR) is 85.5 cm³/mol. The first-order valence-electron chi connectivity index (χ1n) is 6.56. The Hall–Kier alpha value is -0.780. The van der Waals surface area contributed by atoms with Gasteiger partial charge in [0.15, 0.2) is 0 Å². The van der Waals surface area contributed by atoms with E-state index in [-0.39, 0.29) is 24.4 Å². The predicted octanol–water partition coefficient (Wildman–Crippen LogP) is 2.46. The minimum absolute atomic E-state index is 0. The molecule has 1 heterocycles. The maximum atomic E-state index is 12.1. The highest BCUT2D eigenvalue weighted by Gasteiger charge is 2.22. The molecule has 0 spiro atoms. The molecular weight excluding hydrogens is 344 g/mol. The summed E-state index contributed by atoms with van der Waals surface area (Å²) >= 11 is 3.42. The molecule has 1 aliphatic heterocycles. The molecule has 2 rings (SSSR count). The van der Waals surface area contributed by atoms with Crippen LogP contribution in [-0.2, 0) is 4.79 Å². The monoisotopic (exact) mass is 362 g/mol. The number of ether oxygens (including phenoxy) is 1. The first kappa shape index (κ1) is 17.3. The normalized spacial score (nSPS) is 18.3. The summed E-state index contributed by atoms with van der Waals surface area (Å²) in [5.74, 6) is 0.949. The molecule has 1 N–H and O–H groups in total. The minimum atomic E-state index is 0. The van der Waals surface area contributed by atoms with Gasteiger partial charge in [-0.25, -0.2) is 0 Å². The lowest BCUT2D eigenvalue weighted by Gasteiger charge is -2.34. The molecule has 0 unspecified atom stereocenters. The van der Waals surface area contributed by atoms with Gasteiger partial charge in [-0.1, -0.05) is 12.1 Å². The zero-order valence-corrected chi connectivity index (χ0v) is 13.9. The number of para-hydroxylation sites is 1. The van der Waals surface area contributed by atoms with E-state index in [0.29, 0.717) is 13.0 Å². The van der Waals surface area contributed by atoms with E-state index in [9.17, 15) is 4.79 Å². The number of amides is 1. The number of hydrogen-bond acceptors (Lipinski definition) is 3. The first-order chi connectivity index (χ1) is 9.18. The van der Waals surface area contributed by atoms with Gasteiger partial charge in [-0.15, -0.1) is 12.4 Å². The summed E-state index contributed by atoms with van der Waals surface area (Å²) in [6.07, 6.45) is 0.422. The second-order valence-electron chi connectivity index (χ2n) is 4.67. The van der Waals surface area contributed by atoms with Crippen molar-refractivity contribution in [3.63, 3.8) is 0 Å². The highest BCUT2D eigenvalue weighted by molar-refractivity contribution is 9.10. The quantitative estimate of drug-likeness (QED) is 0.893. The number of nitrogens with one attached hydrogen (secondary N) is 1. The fourth-order valence-corrected chi connectivity index (χ4v) is 2.56. The van der Waals surface area contributed by atoms with Gasteiger partial charge in [0.05, 0.1) is 17.5 Å². The van der Waals surface area contributed by atoms with Crippen LogP contribution < -0.4 is 10.1 Å². The van der Waals surface area contributed by atoms with Crippen molar-refractivity contribution >= 4 is 34.2 Å². The van der Waals surface area contributed by atoms with Gasteiger partial charge in [0.2, 0.25) is 5.91 Å².